The number of nitrogens with one attached hydrogen (secondary N) is 1. The van der Waals surface area contributed by atoms with E-state index in [1.807, 2.05) is 37.3 Å². The highest BCUT2D eigenvalue weighted by Crippen LogP contribution is 2.19. The van der Waals surface area contributed by atoms with Crippen molar-refractivity contribution in [2.75, 3.05) is 5.32 Å². The Kier molecular flexibility index (Phi) is 3.69. The maximum Gasteiger partial charge on any atom is 0.419 e. The summed E-state index contributed by atoms with van der Waals surface area (Å²) in [4.78, 5) is 24.1. The van der Waals surface area contributed by atoms with Gasteiger partial charge in [0.1, 0.15) is 0 Å². The molecule has 2 aromatic heterocycles. The van der Waals surface area contributed by atoms with Crippen molar-refractivity contribution in [3.63, 3.8) is 0 Å². The maximum absolute atomic E-state index is 12.5. The molecular weight excluding hydrogens is 332 g/mol. The van der Waals surface area contributed by atoms with Crippen molar-refractivity contribution >= 4 is 22.7 Å². The molecule has 0 spiro atoms. The second-order valence-electron chi connectivity index (χ2n) is 5.98. The van der Waals surface area contributed by atoms with Crippen molar-refractivity contribution < 1.29 is 9.21 Å². The SMILES string of the molecule is Cc1cc(C(=O)Nc2ccc3c(c2)oc(=O)n3C)nn1-c1ccccc1. The normalized spacial score (nSPS) is 11.0. The van der Waals surface area contributed by atoms with Gasteiger partial charge in [-0.3, -0.25) is 9.36 Å². The molecule has 0 atom stereocenters. The lowest BCUT2D eigenvalue weighted by Gasteiger charge is -2.04. The molecule has 1 amide bonds. The second kappa shape index (κ2) is 6.03. The molecule has 2 aromatic carbocycles. The molecule has 0 saturated carbocycles. The Labute approximate surface area is 148 Å². The van der Waals surface area contributed by atoms with Crippen LogP contribution in [0.5, 0.6) is 0 Å². The fraction of sp³-hybridized carbons (Fsp3) is 0.105. The van der Waals surface area contributed by atoms with E-state index in [2.05, 4.69) is 10.4 Å². The van der Waals surface area contributed by atoms with Crippen LogP contribution in [0.2, 0.25) is 0 Å². The molecule has 26 heavy (non-hydrogen) atoms. The predicted octanol–water partition coefficient (Wildman–Crippen LogP) is 2.88. The molecule has 7 nitrogen and oxygen atoms in total. The van der Waals surface area contributed by atoms with Gasteiger partial charge in [0.15, 0.2) is 11.3 Å². The third-order valence-electron chi connectivity index (χ3n) is 4.17. The maximum atomic E-state index is 12.5. The van der Waals surface area contributed by atoms with Crippen LogP contribution in [-0.2, 0) is 7.05 Å². The second-order valence-corrected chi connectivity index (χ2v) is 5.98. The number of anilines is 1. The minimum absolute atomic E-state index is 0.306. The van der Waals surface area contributed by atoms with E-state index in [0.29, 0.717) is 22.5 Å². The van der Waals surface area contributed by atoms with Crippen LogP contribution in [-0.4, -0.2) is 20.3 Å². The molecule has 0 aliphatic heterocycles. The van der Waals surface area contributed by atoms with Crippen LogP contribution < -0.4 is 11.1 Å². The van der Waals surface area contributed by atoms with E-state index < -0.39 is 5.76 Å². The number of hydrogen-bond acceptors (Lipinski definition) is 4. The number of fused-ring (bicyclic) bond motifs is 1. The van der Waals surface area contributed by atoms with Gasteiger partial charge in [-0.15, -0.1) is 0 Å². The summed E-state index contributed by atoms with van der Waals surface area (Å²) in [5, 5.41) is 7.17. The van der Waals surface area contributed by atoms with Crippen molar-refractivity contribution in [2.24, 2.45) is 7.05 Å². The van der Waals surface area contributed by atoms with Gasteiger partial charge in [-0.25, -0.2) is 9.48 Å². The molecule has 4 aromatic rings. The van der Waals surface area contributed by atoms with Gasteiger partial charge in [0, 0.05) is 24.5 Å². The number of rotatable bonds is 3. The predicted molar refractivity (Wildman–Crippen MR) is 97.7 cm³/mol. The lowest BCUT2D eigenvalue weighted by molar-refractivity contribution is 0.102. The molecule has 0 unspecified atom stereocenters. The van der Waals surface area contributed by atoms with Gasteiger partial charge in [0.05, 0.1) is 11.2 Å². The Morgan fingerprint density at radius 2 is 1.88 bits per heavy atom. The van der Waals surface area contributed by atoms with E-state index in [1.165, 1.54) is 4.57 Å². The standard InChI is InChI=1S/C19H16N4O3/c1-12-10-15(21-23(12)14-6-4-3-5-7-14)18(24)20-13-8-9-16-17(11-13)26-19(25)22(16)2/h3-11H,1-2H3,(H,20,24). The third-order valence-corrected chi connectivity index (χ3v) is 4.17. The van der Waals surface area contributed by atoms with Crippen molar-refractivity contribution in [3.8, 4) is 5.69 Å². The molecule has 4 rings (SSSR count). The summed E-state index contributed by atoms with van der Waals surface area (Å²) >= 11 is 0. The number of amides is 1. The summed E-state index contributed by atoms with van der Waals surface area (Å²) in [6, 6.07) is 16.4. The number of oxazole rings is 1. The highest BCUT2D eigenvalue weighted by Gasteiger charge is 2.14. The van der Waals surface area contributed by atoms with Gasteiger partial charge in [-0.1, -0.05) is 18.2 Å². The van der Waals surface area contributed by atoms with Gasteiger partial charge < -0.3 is 9.73 Å². The molecule has 0 aliphatic carbocycles. The molecule has 0 radical (unpaired) electrons. The Hall–Kier alpha value is -3.61. The van der Waals surface area contributed by atoms with E-state index >= 15 is 0 Å². The Morgan fingerprint density at radius 1 is 1.12 bits per heavy atom. The summed E-state index contributed by atoms with van der Waals surface area (Å²) in [5.41, 5.74) is 3.66. The highest BCUT2D eigenvalue weighted by atomic mass is 16.4. The zero-order chi connectivity index (χ0) is 18.3. The van der Waals surface area contributed by atoms with E-state index in [4.69, 9.17) is 4.42 Å². The first-order chi connectivity index (χ1) is 12.5. The Balaban J connectivity index is 1.62. The number of carbonyl (C=O) groups excluding carboxylic acids is 1. The number of aromatic nitrogens is 3. The van der Waals surface area contributed by atoms with Crippen molar-refractivity contribution in [3.05, 3.63) is 76.5 Å². The van der Waals surface area contributed by atoms with Crippen LogP contribution in [0.25, 0.3) is 16.8 Å². The topological polar surface area (TPSA) is 82.1 Å². The minimum Gasteiger partial charge on any atom is -0.408 e. The first-order valence-corrected chi connectivity index (χ1v) is 8.06. The largest absolute Gasteiger partial charge is 0.419 e. The van der Waals surface area contributed by atoms with Crippen LogP contribution in [0.4, 0.5) is 5.69 Å². The molecule has 7 heteroatoms. The Morgan fingerprint density at radius 3 is 2.65 bits per heavy atom. The number of nitrogens with zero attached hydrogens (tertiary/aromatic N) is 3. The molecule has 1 N–H and O–H groups in total. The monoisotopic (exact) mass is 348 g/mol. The van der Waals surface area contributed by atoms with Crippen LogP contribution >= 0.6 is 0 Å². The summed E-state index contributed by atoms with van der Waals surface area (Å²) < 4.78 is 8.27. The number of carbonyl (C=O) groups is 1. The molecular formula is C19H16N4O3. The van der Waals surface area contributed by atoms with Gasteiger partial charge in [-0.2, -0.15) is 5.10 Å². The number of aryl methyl sites for hydroxylation is 2. The van der Waals surface area contributed by atoms with E-state index in [0.717, 1.165) is 11.4 Å². The first-order valence-electron chi connectivity index (χ1n) is 8.06. The molecule has 0 saturated heterocycles. The van der Waals surface area contributed by atoms with E-state index in [9.17, 15) is 9.59 Å². The first kappa shape index (κ1) is 15.9. The van der Waals surface area contributed by atoms with Crippen LogP contribution in [0.1, 0.15) is 16.2 Å². The minimum atomic E-state index is -0.444. The quantitative estimate of drug-likeness (QED) is 0.617. The number of para-hydroxylation sites is 1. The highest BCUT2D eigenvalue weighted by molar-refractivity contribution is 6.03. The van der Waals surface area contributed by atoms with Crippen molar-refractivity contribution in [2.45, 2.75) is 6.92 Å². The molecule has 0 aliphatic rings. The summed E-state index contributed by atoms with van der Waals surface area (Å²) in [5.74, 6) is -0.777. The summed E-state index contributed by atoms with van der Waals surface area (Å²) in [6.07, 6.45) is 0. The van der Waals surface area contributed by atoms with Crippen LogP contribution in [0.15, 0.2) is 63.8 Å². The summed E-state index contributed by atoms with van der Waals surface area (Å²) in [6.45, 7) is 1.89. The lowest BCUT2D eigenvalue weighted by atomic mass is 10.2. The number of hydrogen-bond donors (Lipinski definition) is 1. The van der Waals surface area contributed by atoms with Gasteiger partial charge in [0.25, 0.3) is 5.91 Å². The fourth-order valence-corrected chi connectivity index (χ4v) is 2.82. The lowest BCUT2D eigenvalue weighted by Crippen LogP contribution is -2.13. The summed E-state index contributed by atoms with van der Waals surface area (Å²) in [7, 11) is 1.63. The van der Waals surface area contributed by atoms with Crippen molar-refractivity contribution in [1.29, 1.82) is 0 Å². The fourth-order valence-electron chi connectivity index (χ4n) is 2.82. The van der Waals surface area contributed by atoms with E-state index in [-0.39, 0.29) is 5.91 Å². The van der Waals surface area contributed by atoms with Crippen LogP contribution in [0.3, 0.4) is 0 Å². The molecule has 0 bridgehead atoms. The Bertz CT molecular complexity index is 1170. The van der Waals surface area contributed by atoms with Gasteiger partial charge in [0.2, 0.25) is 0 Å². The smallest absolute Gasteiger partial charge is 0.408 e. The number of benzene rings is 2. The zero-order valence-corrected chi connectivity index (χ0v) is 14.3. The zero-order valence-electron chi connectivity index (χ0n) is 14.3. The average molecular weight is 348 g/mol. The molecule has 130 valence electrons. The third kappa shape index (κ3) is 2.69. The van der Waals surface area contributed by atoms with Crippen LogP contribution in [0, 0.1) is 6.92 Å². The van der Waals surface area contributed by atoms with Gasteiger partial charge >= 0.3 is 5.76 Å². The van der Waals surface area contributed by atoms with Gasteiger partial charge in [-0.05, 0) is 37.3 Å². The average Bonchev–Trinajstić information content (AvgIpc) is 3.16. The van der Waals surface area contributed by atoms with E-state index in [1.54, 1.807) is 36.0 Å². The molecule has 0 fully saturated rings. The van der Waals surface area contributed by atoms with Crippen molar-refractivity contribution in [1.82, 2.24) is 14.3 Å². The molecule has 2 heterocycles.